The summed E-state index contributed by atoms with van der Waals surface area (Å²) < 4.78 is 0. The van der Waals surface area contributed by atoms with Crippen LogP contribution < -0.4 is 0 Å². The van der Waals surface area contributed by atoms with Gasteiger partial charge in [-0.25, -0.2) is 5.11 Å². The predicted octanol–water partition coefficient (Wildman–Crippen LogP) is 2.78. The third-order valence-corrected chi connectivity index (χ3v) is 1.51. The highest BCUT2D eigenvalue weighted by Gasteiger charge is 1.83. The van der Waals surface area contributed by atoms with Gasteiger partial charge in [0.2, 0.25) is 0 Å². The summed E-state index contributed by atoms with van der Waals surface area (Å²) in [5.74, 6) is 5.84. The van der Waals surface area contributed by atoms with Crippen LogP contribution in [0.5, 0.6) is 0 Å². The summed E-state index contributed by atoms with van der Waals surface area (Å²) in [6, 6.07) is 0. The number of hydrogen-bond donors (Lipinski definition) is 0. The Morgan fingerprint density at radius 2 is 1.73 bits per heavy atom. The fourth-order valence-corrected chi connectivity index (χ4v) is 0.868. The average molecular weight is 153 g/mol. The molecule has 0 bridgehead atoms. The lowest BCUT2D eigenvalue weighted by Crippen LogP contribution is -1.76. The zero-order valence-corrected chi connectivity index (χ0v) is 7.36. The van der Waals surface area contributed by atoms with E-state index in [1.807, 2.05) is 0 Å². The molecule has 63 valence electrons. The minimum absolute atomic E-state index is 0.0536. The molecule has 0 atom stereocenters. The molecule has 1 heteroatoms. The van der Waals surface area contributed by atoms with Gasteiger partial charge in [-0.1, -0.05) is 26.2 Å². The summed E-state index contributed by atoms with van der Waals surface area (Å²) in [6.45, 7) is 2.14. The Kier molecular flexibility index (Phi) is 9.10. The van der Waals surface area contributed by atoms with Gasteiger partial charge < -0.3 is 0 Å². The lowest BCUT2D eigenvalue weighted by atomic mass is 10.1. The van der Waals surface area contributed by atoms with Crippen molar-refractivity contribution in [3.8, 4) is 11.8 Å². The van der Waals surface area contributed by atoms with Gasteiger partial charge >= 0.3 is 0 Å². The van der Waals surface area contributed by atoms with Gasteiger partial charge in [-0.15, -0.1) is 11.8 Å². The SMILES string of the molecule is CCCCCCC#CCC[O]. The molecule has 0 aliphatic carbocycles. The molecule has 0 fully saturated rings. The van der Waals surface area contributed by atoms with Crippen molar-refractivity contribution in [2.45, 2.75) is 45.4 Å². The van der Waals surface area contributed by atoms with Crippen LogP contribution in [0.4, 0.5) is 0 Å². The first-order chi connectivity index (χ1) is 5.41. The van der Waals surface area contributed by atoms with Crippen molar-refractivity contribution in [1.82, 2.24) is 0 Å². The van der Waals surface area contributed by atoms with Crippen molar-refractivity contribution in [2.24, 2.45) is 0 Å². The monoisotopic (exact) mass is 153 g/mol. The van der Waals surface area contributed by atoms with Crippen molar-refractivity contribution in [1.29, 1.82) is 0 Å². The highest BCUT2D eigenvalue weighted by Crippen LogP contribution is 2.00. The van der Waals surface area contributed by atoms with E-state index in [4.69, 9.17) is 0 Å². The normalized spacial score (nSPS) is 8.91. The van der Waals surface area contributed by atoms with Crippen molar-refractivity contribution < 1.29 is 5.11 Å². The number of rotatable bonds is 5. The van der Waals surface area contributed by atoms with Gasteiger partial charge in [-0.05, 0) is 6.42 Å². The smallest absolute Gasteiger partial charge is 0.0931 e. The van der Waals surface area contributed by atoms with Gasteiger partial charge in [0.1, 0.15) is 0 Å². The zero-order chi connectivity index (χ0) is 8.36. The van der Waals surface area contributed by atoms with Crippen molar-refractivity contribution in [3.63, 3.8) is 0 Å². The van der Waals surface area contributed by atoms with Crippen LogP contribution in [-0.4, -0.2) is 6.61 Å². The molecule has 1 radical (unpaired) electrons. The Morgan fingerprint density at radius 1 is 1.00 bits per heavy atom. The largest absolute Gasteiger partial charge is 0.236 e. The quantitative estimate of drug-likeness (QED) is 0.427. The van der Waals surface area contributed by atoms with Gasteiger partial charge in [0.25, 0.3) is 0 Å². The molecule has 0 aromatic rings. The molecule has 1 nitrogen and oxygen atoms in total. The van der Waals surface area contributed by atoms with Crippen LogP contribution >= 0.6 is 0 Å². The van der Waals surface area contributed by atoms with Gasteiger partial charge in [0, 0.05) is 12.8 Å². The van der Waals surface area contributed by atoms with Crippen molar-refractivity contribution in [2.75, 3.05) is 6.61 Å². The summed E-state index contributed by atoms with van der Waals surface area (Å²) in [5.41, 5.74) is 0. The van der Waals surface area contributed by atoms with Crippen LogP contribution in [0.25, 0.3) is 0 Å². The Bertz CT molecular complexity index is 119. The van der Waals surface area contributed by atoms with Gasteiger partial charge in [0.05, 0.1) is 6.61 Å². The van der Waals surface area contributed by atoms with E-state index in [0.717, 1.165) is 6.42 Å². The second-order valence-corrected chi connectivity index (χ2v) is 2.62. The first kappa shape index (κ1) is 10.5. The minimum Gasteiger partial charge on any atom is -0.236 e. The van der Waals surface area contributed by atoms with Crippen LogP contribution in [0.15, 0.2) is 0 Å². The fraction of sp³-hybridized carbons (Fsp3) is 0.800. The van der Waals surface area contributed by atoms with E-state index >= 15 is 0 Å². The van der Waals surface area contributed by atoms with Gasteiger partial charge in [0.15, 0.2) is 0 Å². The highest BCUT2D eigenvalue weighted by molar-refractivity contribution is 4.98. The molecule has 0 aromatic heterocycles. The van der Waals surface area contributed by atoms with Crippen molar-refractivity contribution >= 4 is 0 Å². The topological polar surface area (TPSA) is 19.9 Å². The molecule has 0 N–H and O–H groups in total. The van der Waals surface area contributed by atoms with E-state index < -0.39 is 0 Å². The first-order valence-electron chi connectivity index (χ1n) is 4.45. The molecular weight excluding hydrogens is 136 g/mol. The minimum atomic E-state index is -0.0536. The van der Waals surface area contributed by atoms with Crippen LogP contribution in [0.3, 0.4) is 0 Å². The first-order valence-corrected chi connectivity index (χ1v) is 4.45. The van der Waals surface area contributed by atoms with E-state index in [1.165, 1.54) is 25.7 Å². The van der Waals surface area contributed by atoms with Crippen LogP contribution in [0, 0.1) is 11.8 Å². The second kappa shape index (κ2) is 9.52. The molecule has 0 heterocycles. The second-order valence-electron chi connectivity index (χ2n) is 2.62. The van der Waals surface area contributed by atoms with E-state index in [-0.39, 0.29) is 6.61 Å². The van der Waals surface area contributed by atoms with E-state index in [9.17, 15) is 5.11 Å². The molecule has 0 rings (SSSR count). The predicted molar refractivity (Wildman–Crippen MR) is 46.7 cm³/mol. The van der Waals surface area contributed by atoms with E-state index in [2.05, 4.69) is 18.8 Å². The van der Waals surface area contributed by atoms with Gasteiger partial charge in [-0.3, -0.25) is 0 Å². The molecule has 0 aromatic carbocycles. The maximum atomic E-state index is 9.96. The maximum absolute atomic E-state index is 9.96. The molecule has 0 aliphatic heterocycles. The summed E-state index contributed by atoms with van der Waals surface area (Å²) >= 11 is 0. The molecule has 0 spiro atoms. The molecular formula is C10H17O. The zero-order valence-electron chi connectivity index (χ0n) is 7.36. The number of hydrogen-bond acceptors (Lipinski definition) is 0. The van der Waals surface area contributed by atoms with Crippen LogP contribution in [0.2, 0.25) is 0 Å². The van der Waals surface area contributed by atoms with E-state index in [0.29, 0.717) is 6.42 Å². The van der Waals surface area contributed by atoms with Gasteiger partial charge in [-0.2, -0.15) is 0 Å². The molecule has 0 saturated heterocycles. The molecule has 0 saturated carbocycles. The van der Waals surface area contributed by atoms with Crippen LogP contribution in [-0.2, 0) is 5.11 Å². The third kappa shape index (κ3) is 9.52. The lowest BCUT2D eigenvalue weighted by Gasteiger charge is -1.91. The molecule has 11 heavy (non-hydrogen) atoms. The van der Waals surface area contributed by atoms with Crippen LogP contribution in [0.1, 0.15) is 45.4 Å². The Labute approximate surface area is 69.8 Å². The molecule has 0 unspecified atom stereocenters. The Balaban J connectivity index is 2.96. The average Bonchev–Trinajstić information content (AvgIpc) is 2.03. The van der Waals surface area contributed by atoms with Crippen molar-refractivity contribution in [3.05, 3.63) is 0 Å². The maximum Gasteiger partial charge on any atom is 0.0931 e. The lowest BCUT2D eigenvalue weighted by molar-refractivity contribution is 0.201. The molecule has 0 amide bonds. The fourth-order valence-electron chi connectivity index (χ4n) is 0.868. The number of unbranched alkanes of at least 4 members (excludes halogenated alkanes) is 4. The summed E-state index contributed by atoms with van der Waals surface area (Å²) in [7, 11) is 0. The third-order valence-electron chi connectivity index (χ3n) is 1.51. The summed E-state index contributed by atoms with van der Waals surface area (Å²) in [4.78, 5) is 0. The highest BCUT2D eigenvalue weighted by atomic mass is 16.2. The summed E-state index contributed by atoms with van der Waals surface area (Å²) in [6.07, 6.45) is 6.55. The summed E-state index contributed by atoms with van der Waals surface area (Å²) in [5, 5.41) is 9.96. The molecule has 0 aliphatic rings. The Hall–Kier alpha value is -0.480. The van der Waals surface area contributed by atoms with E-state index in [1.54, 1.807) is 0 Å². The standard InChI is InChI=1S/C10H17O/c1-2-3-4-5-6-7-8-9-10-11/h2-6,9-10H2,1H3. The Morgan fingerprint density at radius 3 is 2.36 bits per heavy atom.